The second-order valence-corrected chi connectivity index (χ2v) is 8.32. The van der Waals surface area contributed by atoms with Crippen LogP contribution >= 0.6 is 46.3 Å². The number of benzene rings is 2. The minimum Gasteiger partial charge on any atom is -0.230 e. The molecule has 0 spiro atoms. The summed E-state index contributed by atoms with van der Waals surface area (Å²) in [5.41, 5.74) is 3.07. The Bertz CT molecular complexity index is 830. The SMILES string of the molecule is C=CCC(Sc1nc(-c2ccc(Cl)cc2Cl)cs1)c1ccccc1. The molecule has 2 aromatic carbocycles. The molecule has 3 aromatic rings. The minimum absolute atomic E-state index is 0.309. The number of rotatable bonds is 6. The number of thioether (sulfide) groups is 1. The Labute approximate surface area is 160 Å². The number of halogens is 2. The second-order valence-electron chi connectivity index (χ2n) is 5.16. The highest BCUT2D eigenvalue weighted by atomic mass is 35.5. The van der Waals surface area contributed by atoms with Crippen LogP contribution in [0.2, 0.25) is 10.0 Å². The molecule has 1 nitrogen and oxygen atoms in total. The van der Waals surface area contributed by atoms with Gasteiger partial charge in [-0.3, -0.25) is 0 Å². The molecular formula is C19H15Cl2NS2. The van der Waals surface area contributed by atoms with Crippen molar-refractivity contribution in [2.75, 3.05) is 0 Å². The highest BCUT2D eigenvalue weighted by molar-refractivity contribution is 8.01. The number of hydrogen-bond acceptors (Lipinski definition) is 3. The monoisotopic (exact) mass is 391 g/mol. The summed E-state index contributed by atoms with van der Waals surface area (Å²) >= 11 is 15.6. The van der Waals surface area contributed by atoms with Gasteiger partial charge in [0.1, 0.15) is 0 Å². The molecule has 3 rings (SSSR count). The van der Waals surface area contributed by atoms with E-state index < -0.39 is 0 Å². The van der Waals surface area contributed by atoms with Gasteiger partial charge < -0.3 is 0 Å². The molecule has 0 aliphatic rings. The van der Waals surface area contributed by atoms with Gasteiger partial charge >= 0.3 is 0 Å². The van der Waals surface area contributed by atoms with Crippen molar-refractivity contribution in [1.29, 1.82) is 0 Å². The van der Waals surface area contributed by atoms with E-state index in [1.54, 1.807) is 29.2 Å². The zero-order valence-electron chi connectivity index (χ0n) is 12.8. The summed E-state index contributed by atoms with van der Waals surface area (Å²) in [6.45, 7) is 3.88. The number of aromatic nitrogens is 1. The molecule has 122 valence electrons. The average Bonchev–Trinajstić information content (AvgIpc) is 3.03. The summed E-state index contributed by atoms with van der Waals surface area (Å²) in [5, 5.41) is 3.59. The molecule has 0 amide bonds. The average molecular weight is 392 g/mol. The fraction of sp³-hybridized carbons (Fsp3) is 0.105. The second kappa shape index (κ2) is 8.21. The number of allylic oxidation sites excluding steroid dienone is 1. The van der Waals surface area contributed by atoms with Gasteiger partial charge in [-0.15, -0.1) is 17.9 Å². The molecule has 0 bridgehead atoms. The lowest BCUT2D eigenvalue weighted by Crippen LogP contribution is -1.92. The molecule has 0 aliphatic heterocycles. The Kier molecular flexibility index (Phi) is 6.01. The van der Waals surface area contributed by atoms with Crippen molar-refractivity contribution < 1.29 is 0 Å². The maximum atomic E-state index is 6.28. The van der Waals surface area contributed by atoms with Crippen LogP contribution in [0, 0.1) is 0 Å². The predicted molar refractivity (Wildman–Crippen MR) is 107 cm³/mol. The van der Waals surface area contributed by atoms with Gasteiger partial charge in [-0.25, -0.2) is 4.98 Å². The van der Waals surface area contributed by atoms with Crippen LogP contribution in [-0.2, 0) is 0 Å². The van der Waals surface area contributed by atoms with Gasteiger partial charge in [-0.05, 0) is 30.2 Å². The van der Waals surface area contributed by atoms with Crippen molar-refractivity contribution in [3.8, 4) is 11.3 Å². The summed E-state index contributed by atoms with van der Waals surface area (Å²) in [7, 11) is 0. The Morgan fingerprint density at radius 3 is 2.67 bits per heavy atom. The first-order valence-electron chi connectivity index (χ1n) is 7.41. The number of hydrogen-bond donors (Lipinski definition) is 0. The highest BCUT2D eigenvalue weighted by Crippen LogP contribution is 2.41. The number of thiazole rings is 1. The van der Waals surface area contributed by atoms with E-state index in [0.717, 1.165) is 22.0 Å². The van der Waals surface area contributed by atoms with Crippen LogP contribution < -0.4 is 0 Å². The molecule has 5 heteroatoms. The molecular weight excluding hydrogens is 377 g/mol. The smallest absolute Gasteiger partial charge is 0.151 e. The van der Waals surface area contributed by atoms with Crippen molar-refractivity contribution in [3.05, 3.63) is 82.2 Å². The predicted octanol–water partition coefficient (Wildman–Crippen LogP) is 7.53. The molecule has 0 radical (unpaired) electrons. The fourth-order valence-corrected chi connectivity index (χ4v) is 5.01. The van der Waals surface area contributed by atoms with Gasteiger partial charge in [-0.2, -0.15) is 0 Å². The third kappa shape index (κ3) is 4.22. The summed E-state index contributed by atoms with van der Waals surface area (Å²) in [6, 6.07) is 15.9. The summed E-state index contributed by atoms with van der Waals surface area (Å²) in [5.74, 6) is 0. The van der Waals surface area contributed by atoms with Crippen molar-refractivity contribution in [2.24, 2.45) is 0 Å². The van der Waals surface area contributed by atoms with E-state index in [-0.39, 0.29) is 0 Å². The highest BCUT2D eigenvalue weighted by Gasteiger charge is 2.15. The van der Waals surface area contributed by atoms with Crippen molar-refractivity contribution in [1.82, 2.24) is 4.98 Å². The van der Waals surface area contributed by atoms with Gasteiger partial charge in [-0.1, -0.05) is 71.4 Å². The first-order valence-corrected chi connectivity index (χ1v) is 9.92. The number of nitrogens with zero attached hydrogens (tertiary/aromatic N) is 1. The van der Waals surface area contributed by atoms with E-state index in [2.05, 4.69) is 30.8 Å². The Balaban J connectivity index is 1.83. The zero-order valence-corrected chi connectivity index (χ0v) is 15.9. The van der Waals surface area contributed by atoms with Crippen LogP contribution in [0.15, 0.2) is 70.9 Å². The standard InChI is InChI=1S/C19H15Cl2NS2/c1-2-6-18(13-7-4-3-5-8-13)24-19-22-17(12-23-19)15-10-9-14(20)11-16(15)21/h2-5,7-12,18H,1,6H2. The molecule has 0 aliphatic carbocycles. The van der Waals surface area contributed by atoms with Crippen LogP contribution in [0.4, 0.5) is 0 Å². The lowest BCUT2D eigenvalue weighted by atomic mass is 10.1. The van der Waals surface area contributed by atoms with Crippen LogP contribution in [0.3, 0.4) is 0 Å². The molecule has 1 heterocycles. The van der Waals surface area contributed by atoms with E-state index in [1.807, 2.05) is 29.7 Å². The molecule has 1 unspecified atom stereocenters. The topological polar surface area (TPSA) is 12.9 Å². The normalized spacial score (nSPS) is 12.1. The van der Waals surface area contributed by atoms with Gasteiger partial charge in [0, 0.05) is 21.2 Å². The van der Waals surface area contributed by atoms with Crippen molar-refractivity contribution in [3.63, 3.8) is 0 Å². The largest absolute Gasteiger partial charge is 0.230 e. The Hall–Kier alpha value is -1.26. The van der Waals surface area contributed by atoms with Gasteiger partial charge in [0.05, 0.1) is 10.7 Å². The fourth-order valence-electron chi connectivity index (χ4n) is 2.33. The molecule has 0 N–H and O–H groups in total. The summed E-state index contributed by atoms with van der Waals surface area (Å²) in [6.07, 6.45) is 2.85. The molecule has 0 fully saturated rings. The molecule has 1 atom stereocenters. The summed E-state index contributed by atoms with van der Waals surface area (Å²) < 4.78 is 1.02. The Morgan fingerprint density at radius 1 is 1.17 bits per heavy atom. The summed E-state index contributed by atoms with van der Waals surface area (Å²) in [4.78, 5) is 4.74. The van der Waals surface area contributed by atoms with E-state index in [1.165, 1.54) is 5.56 Å². The van der Waals surface area contributed by atoms with Crippen LogP contribution in [-0.4, -0.2) is 4.98 Å². The van der Waals surface area contributed by atoms with Gasteiger partial charge in [0.2, 0.25) is 0 Å². The zero-order chi connectivity index (χ0) is 16.9. The van der Waals surface area contributed by atoms with E-state index in [9.17, 15) is 0 Å². The van der Waals surface area contributed by atoms with E-state index >= 15 is 0 Å². The van der Waals surface area contributed by atoms with Crippen LogP contribution in [0.5, 0.6) is 0 Å². The first kappa shape index (κ1) is 17.6. The molecule has 0 saturated carbocycles. The maximum Gasteiger partial charge on any atom is 0.151 e. The lowest BCUT2D eigenvalue weighted by molar-refractivity contribution is 0.968. The third-order valence-corrected chi connectivity index (χ3v) is 6.29. The van der Waals surface area contributed by atoms with Gasteiger partial charge in [0.15, 0.2) is 4.34 Å². The van der Waals surface area contributed by atoms with E-state index in [0.29, 0.717) is 15.3 Å². The maximum absolute atomic E-state index is 6.28. The molecule has 1 aromatic heterocycles. The van der Waals surface area contributed by atoms with Crippen molar-refractivity contribution in [2.45, 2.75) is 16.0 Å². The minimum atomic E-state index is 0.309. The van der Waals surface area contributed by atoms with E-state index in [4.69, 9.17) is 28.2 Å². The van der Waals surface area contributed by atoms with Crippen LogP contribution in [0.1, 0.15) is 17.2 Å². The van der Waals surface area contributed by atoms with Crippen LogP contribution in [0.25, 0.3) is 11.3 Å². The lowest BCUT2D eigenvalue weighted by Gasteiger charge is -2.13. The molecule has 24 heavy (non-hydrogen) atoms. The van der Waals surface area contributed by atoms with Gasteiger partial charge in [0.25, 0.3) is 0 Å². The quantitative estimate of drug-likeness (QED) is 0.318. The molecule has 0 saturated heterocycles. The van der Waals surface area contributed by atoms with Crippen molar-refractivity contribution >= 4 is 46.3 Å². The first-order chi connectivity index (χ1) is 11.7. The third-order valence-electron chi connectivity index (χ3n) is 3.49. The Morgan fingerprint density at radius 2 is 1.96 bits per heavy atom.